The molecule has 0 spiro atoms. The Balaban J connectivity index is 2.41. The second-order valence-electron chi connectivity index (χ2n) is 6.74. The Labute approximate surface area is 140 Å². The lowest BCUT2D eigenvalue weighted by atomic mass is 10.1. The average Bonchev–Trinajstić information content (AvgIpc) is 2.87. The maximum absolute atomic E-state index is 12.3. The first-order valence-electron chi connectivity index (χ1n) is 7.52. The Hall–Kier alpha value is -2.64. The molecule has 1 aliphatic rings. The van der Waals surface area contributed by atoms with Gasteiger partial charge in [-0.05, 0) is 32.4 Å². The Morgan fingerprint density at radius 2 is 1.92 bits per heavy atom. The van der Waals surface area contributed by atoms with Crippen molar-refractivity contribution < 1.29 is 19.2 Å². The van der Waals surface area contributed by atoms with Crippen LogP contribution >= 0.6 is 0 Å². The molecule has 8 heteroatoms. The predicted molar refractivity (Wildman–Crippen MR) is 87.7 cm³/mol. The number of nitro groups is 1. The summed E-state index contributed by atoms with van der Waals surface area (Å²) in [5.41, 5.74) is 0.826. The number of carbonyl (C=O) groups is 2. The second-order valence-corrected chi connectivity index (χ2v) is 6.74. The number of hydrogen-bond donors (Lipinski definition) is 0. The van der Waals surface area contributed by atoms with Gasteiger partial charge in [-0.1, -0.05) is 0 Å². The maximum Gasteiger partial charge on any atom is 0.410 e. The highest BCUT2D eigenvalue weighted by molar-refractivity contribution is 5.95. The van der Waals surface area contributed by atoms with Gasteiger partial charge in [0.05, 0.1) is 11.5 Å². The normalized spacial score (nSPS) is 13.5. The fourth-order valence-corrected chi connectivity index (χ4v) is 2.58. The molecule has 0 bridgehead atoms. The number of nitro benzene ring substituents is 1. The monoisotopic (exact) mass is 335 g/mol. The number of rotatable bonds is 2. The van der Waals surface area contributed by atoms with E-state index in [0.29, 0.717) is 12.1 Å². The summed E-state index contributed by atoms with van der Waals surface area (Å²) in [6.45, 7) is 7.11. The van der Waals surface area contributed by atoms with E-state index in [-0.39, 0.29) is 23.8 Å². The number of hydrogen-bond acceptors (Lipinski definition) is 5. The zero-order valence-corrected chi connectivity index (χ0v) is 14.5. The highest BCUT2D eigenvalue weighted by atomic mass is 16.6. The summed E-state index contributed by atoms with van der Waals surface area (Å²) in [7, 11) is 1.49. The number of ether oxygens (including phenoxy) is 1. The van der Waals surface area contributed by atoms with Crippen molar-refractivity contribution in [2.24, 2.45) is 0 Å². The average molecular weight is 335 g/mol. The van der Waals surface area contributed by atoms with Gasteiger partial charge in [0.25, 0.3) is 5.69 Å². The first kappa shape index (κ1) is 17.7. The molecule has 0 saturated carbocycles. The lowest BCUT2D eigenvalue weighted by Gasteiger charge is -2.24. The van der Waals surface area contributed by atoms with Gasteiger partial charge in [0.2, 0.25) is 5.91 Å². The molecule has 0 fully saturated rings. The van der Waals surface area contributed by atoms with Crippen LogP contribution in [0.1, 0.15) is 38.8 Å². The molecule has 1 heterocycles. The van der Waals surface area contributed by atoms with E-state index in [4.69, 9.17) is 4.74 Å². The van der Waals surface area contributed by atoms with Crippen molar-refractivity contribution in [2.75, 3.05) is 11.9 Å². The van der Waals surface area contributed by atoms with E-state index in [1.54, 1.807) is 26.8 Å². The van der Waals surface area contributed by atoms with Crippen LogP contribution in [0.4, 0.5) is 16.2 Å². The molecule has 0 N–H and O–H groups in total. The molecule has 0 unspecified atom stereocenters. The van der Waals surface area contributed by atoms with Crippen LogP contribution in [0, 0.1) is 10.1 Å². The predicted octanol–water partition coefficient (Wildman–Crippen LogP) is 2.83. The largest absolute Gasteiger partial charge is 0.444 e. The maximum atomic E-state index is 12.3. The van der Waals surface area contributed by atoms with Gasteiger partial charge in [-0.15, -0.1) is 0 Å². The summed E-state index contributed by atoms with van der Waals surface area (Å²) in [5, 5.41) is 11.3. The molecule has 2 rings (SSSR count). The van der Waals surface area contributed by atoms with Crippen molar-refractivity contribution in [3.05, 3.63) is 33.4 Å². The van der Waals surface area contributed by atoms with Crippen LogP contribution in [0.2, 0.25) is 0 Å². The summed E-state index contributed by atoms with van der Waals surface area (Å²) in [4.78, 5) is 37.5. The van der Waals surface area contributed by atoms with Crippen LogP contribution in [0.25, 0.3) is 0 Å². The standard InChI is InChI=1S/C16H21N3O5/c1-10(20)17(5)14-12-9-18(15(21)24-16(2,3)4)8-11(12)6-7-13(14)19(22)23/h6-7H,8-9H2,1-5H3. The summed E-state index contributed by atoms with van der Waals surface area (Å²) < 4.78 is 5.35. The number of amides is 2. The molecule has 0 saturated heterocycles. The van der Waals surface area contributed by atoms with Gasteiger partial charge in [0, 0.05) is 32.1 Å². The molecule has 130 valence electrons. The van der Waals surface area contributed by atoms with Crippen LogP contribution in [0.15, 0.2) is 12.1 Å². The smallest absolute Gasteiger partial charge is 0.410 e. The Bertz CT molecular complexity index is 708. The van der Waals surface area contributed by atoms with Crippen molar-refractivity contribution in [3.63, 3.8) is 0 Å². The molecule has 0 atom stereocenters. The van der Waals surface area contributed by atoms with Crippen molar-refractivity contribution in [3.8, 4) is 0 Å². The first-order chi connectivity index (χ1) is 11.0. The molecule has 1 aromatic rings. The molecule has 0 radical (unpaired) electrons. The Kier molecular flexibility index (Phi) is 4.50. The fourth-order valence-electron chi connectivity index (χ4n) is 2.58. The minimum absolute atomic E-state index is 0.155. The molecular weight excluding hydrogens is 314 g/mol. The molecule has 0 aliphatic carbocycles. The van der Waals surface area contributed by atoms with Crippen LogP contribution in [-0.2, 0) is 22.6 Å². The summed E-state index contributed by atoms with van der Waals surface area (Å²) >= 11 is 0. The van der Waals surface area contributed by atoms with Crippen molar-refractivity contribution >= 4 is 23.4 Å². The molecule has 1 aromatic carbocycles. The van der Waals surface area contributed by atoms with Gasteiger partial charge >= 0.3 is 6.09 Å². The van der Waals surface area contributed by atoms with E-state index in [0.717, 1.165) is 5.56 Å². The third kappa shape index (κ3) is 3.47. The third-order valence-corrected chi connectivity index (χ3v) is 3.72. The van der Waals surface area contributed by atoms with Gasteiger partial charge < -0.3 is 9.64 Å². The number of anilines is 1. The van der Waals surface area contributed by atoms with Crippen LogP contribution in [-0.4, -0.2) is 34.5 Å². The summed E-state index contributed by atoms with van der Waals surface area (Å²) in [5.74, 6) is -0.317. The van der Waals surface area contributed by atoms with E-state index in [9.17, 15) is 19.7 Å². The third-order valence-electron chi connectivity index (χ3n) is 3.72. The van der Waals surface area contributed by atoms with E-state index in [2.05, 4.69) is 0 Å². The lowest BCUT2D eigenvalue weighted by molar-refractivity contribution is -0.384. The number of carbonyl (C=O) groups excluding carboxylic acids is 2. The van der Waals surface area contributed by atoms with E-state index >= 15 is 0 Å². The topological polar surface area (TPSA) is 93.0 Å². The number of nitrogens with zero attached hydrogens (tertiary/aromatic N) is 3. The molecule has 0 aromatic heterocycles. The van der Waals surface area contributed by atoms with Crippen LogP contribution < -0.4 is 4.90 Å². The molecule has 1 aliphatic heterocycles. The SMILES string of the molecule is CC(=O)N(C)c1c([N+](=O)[O-])ccc2c1CN(C(=O)OC(C)(C)C)C2. The number of benzene rings is 1. The van der Waals surface area contributed by atoms with E-state index in [1.165, 1.54) is 29.8 Å². The summed E-state index contributed by atoms with van der Waals surface area (Å²) in [6.07, 6.45) is -0.488. The van der Waals surface area contributed by atoms with Gasteiger partial charge in [-0.2, -0.15) is 0 Å². The van der Waals surface area contributed by atoms with Crippen molar-refractivity contribution in [2.45, 2.75) is 46.4 Å². The number of fused-ring (bicyclic) bond motifs is 1. The lowest BCUT2D eigenvalue weighted by Crippen LogP contribution is -2.33. The zero-order valence-electron chi connectivity index (χ0n) is 14.5. The molecule has 8 nitrogen and oxygen atoms in total. The molecule has 2 amide bonds. The minimum Gasteiger partial charge on any atom is -0.444 e. The second kappa shape index (κ2) is 6.10. The van der Waals surface area contributed by atoms with Gasteiger partial charge in [-0.3, -0.25) is 19.8 Å². The Morgan fingerprint density at radius 1 is 1.29 bits per heavy atom. The van der Waals surface area contributed by atoms with Gasteiger partial charge in [0.1, 0.15) is 11.3 Å². The highest BCUT2D eigenvalue weighted by Crippen LogP contribution is 2.38. The molecular formula is C16H21N3O5. The fraction of sp³-hybridized carbons (Fsp3) is 0.500. The Morgan fingerprint density at radius 3 is 2.42 bits per heavy atom. The van der Waals surface area contributed by atoms with E-state index < -0.39 is 16.6 Å². The van der Waals surface area contributed by atoms with E-state index in [1.807, 2.05) is 0 Å². The summed E-state index contributed by atoms with van der Waals surface area (Å²) in [6, 6.07) is 2.99. The van der Waals surface area contributed by atoms with Gasteiger partial charge in [-0.25, -0.2) is 4.79 Å². The molecule has 24 heavy (non-hydrogen) atoms. The van der Waals surface area contributed by atoms with Gasteiger partial charge in [0.15, 0.2) is 0 Å². The first-order valence-corrected chi connectivity index (χ1v) is 7.52. The quantitative estimate of drug-likeness (QED) is 0.612. The van der Waals surface area contributed by atoms with Crippen LogP contribution in [0.5, 0.6) is 0 Å². The highest BCUT2D eigenvalue weighted by Gasteiger charge is 2.34. The van der Waals surface area contributed by atoms with Crippen molar-refractivity contribution in [1.29, 1.82) is 0 Å². The zero-order chi connectivity index (χ0) is 18.2. The minimum atomic E-state index is -0.628. The van der Waals surface area contributed by atoms with Crippen LogP contribution in [0.3, 0.4) is 0 Å². The van der Waals surface area contributed by atoms with Crippen molar-refractivity contribution in [1.82, 2.24) is 4.90 Å².